The molecule has 1 aromatic carbocycles. The quantitative estimate of drug-likeness (QED) is 0.631. The Morgan fingerprint density at radius 1 is 1.17 bits per heavy atom. The van der Waals surface area contributed by atoms with Gasteiger partial charge in [0.15, 0.2) is 0 Å². The minimum Gasteiger partial charge on any atom is -0.212 e. The zero-order valence-electron chi connectivity index (χ0n) is 9.11. The second-order valence-electron chi connectivity index (χ2n) is 3.54. The fourth-order valence-corrected chi connectivity index (χ4v) is 1.95. The standard InChI is InChI=1S/C11H10ClF3O2S/c12-18(16,17)8-4-3-6-9-5-1-2-7-10(9)11(13,14)15/h1-5,7H,6,8H2/b4-3-. The average Bonchev–Trinajstić information content (AvgIpc) is 2.22. The van der Waals surface area contributed by atoms with Gasteiger partial charge in [0.05, 0.1) is 11.3 Å². The maximum atomic E-state index is 12.6. The van der Waals surface area contributed by atoms with Crippen molar-refractivity contribution in [3.8, 4) is 0 Å². The number of allylic oxidation sites excluding steroid dienone is 1. The summed E-state index contributed by atoms with van der Waals surface area (Å²) in [7, 11) is 1.31. The molecule has 1 aromatic rings. The largest absolute Gasteiger partial charge is 0.416 e. The minimum atomic E-state index is -4.41. The van der Waals surface area contributed by atoms with Gasteiger partial charge in [-0.2, -0.15) is 13.2 Å². The molecule has 0 aromatic heterocycles. The molecular weight excluding hydrogens is 289 g/mol. The van der Waals surface area contributed by atoms with Crippen LogP contribution in [0.1, 0.15) is 11.1 Å². The van der Waals surface area contributed by atoms with Gasteiger partial charge >= 0.3 is 6.18 Å². The van der Waals surface area contributed by atoms with Crippen molar-refractivity contribution in [2.75, 3.05) is 5.75 Å². The van der Waals surface area contributed by atoms with Gasteiger partial charge in [-0.1, -0.05) is 30.4 Å². The van der Waals surface area contributed by atoms with Crippen molar-refractivity contribution >= 4 is 19.7 Å². The number of hydrogen-bond acceptors (Lipinski definition) is 2. The van der Waals surface area contributed by atoms with Crippen LogP contribution in [0.25, 0.3) is 0 Å². The van der Waals surface area contributed by atoms with E-state index < -0.39 is 26.5 Å². The van der Waals surface area contributed by atoms with Gasteiger partial charge in [0.1, 0.15) is 0 Å². The van der Waals surface area contributed by atoms with Crippen molar-refractivity contribution in [2.45, 2.75) is 12.6 Å². The molecule has 0 saturated carbocycles. The predicted molar refractivity (Wildman–Crippen MR) is 63.9 cm³/mol. The van der Waals surface area contributed by atoms with Gasteiger partial charge < -0.3 is 0 Å². The summed E-state index contributed by atoms with van der Waals surface area (Å²) in [4.78, 5) is 0. The summed E-state index contributed by atoms with van der Waals surface area (Å²) in [5.41, 5.74) is -0.628. The highest BCUT2D eigenvalue weighted by Crippen LogP contribution is 2.32. The van der Waals surface area contributed by atoms with E-state index in [1.54, 1.807) is 0 Å². The summed E-state index contributed by atoms with van der Waals surface area (Å²) < 4.78 is 59.0. The van der Waals surface area contributed by atoms with Gasteiger partial charge in [-0.3, -0.25) is 0 Å². The Morgan fingerprint density at radius 2 is 1.78 bits per heavy atom. The van der Waals surface area contributed by atoms with Crippen molar-refractivity contribution < 1.29 is 21.6 Å². The van der Waals surface area contributed by atoms with Gasteiger partial charge in [-0.25, -0.2) is 8.42 Å². The van der Waals surface area contributed by atoms with Crippen LogP contribution in [-0.4, -0.2) is 14.2 Å². The van der Waals surface area contributed by atoms with E-state index in [1.807, 2.05) is 0 Å². The molecule has 0 atom stereocenters. The lowest BCUT2D eigenvalue weighted by Gasteiger charge is -2.10. The lowest BCUT2D eigenvalue weighted by molar-refractivity contribution is -0.138. The first-order valence-electron chi connectivity index (χ1n) is 4.92. The van der Waals surface area contributed by atoms with E-state index in [4.69, 9.17) is 10.7 Å². The van der Waals surface area contributed by atoms with Crippen molar-refractivity contribution in [2.24, 2.45) is 0 Å². The van der Waals surface area contributed by atoms with E-state index >= 15 is 0 Å². The van der Waals surface area contributed by atoms with Crippen LogP contribution in [0.3, 0.4) is 0 Å². The Morgan fingerprint density at radius 3 is 2.33 bits per heavy atom. The lowest BCUT2D eigenvalue weighted by Crippen LogP contribution is -2.08. The maximum absolute atomic E-state index is 12.6. The number of rotatable bonds is 4. The van der Waals surface area contributed by atoms with Crippen molar-refractivity contribution in [1.29, 1.82) is 0 Å². The Balaban J connectivity index is 2.80. The van der Waals surface area contributed by atoms with Crippen molar-refractivity contribution in [1.82, 2.24) is 0 Å². The fourth-order valence-electron chi connectivity index (χ4n) is 1.37. The molecule has 0 radical (unpaired) electrons. The monoisotopic (exact) mass is 298 g/mol. The van der Waals surface area contributed by atoms with Crippen LogP contribution in [0.2, 0.25) is 0 Å². The molecule has 0 fully saturated rings. The van der Waals surface area contributed by atoms with Crippen LogP contribution >= 0.6 is 10.7 Å². The average molecular weight is 299 g/mol. The Bertz CT molecular complexity index is 535. The molecule has 0 spiro atoms. The molecule has 0 heterocycles. The van der Waals surface area contributed by atoms with E-state index in [0.717, 1.165) is 6.07 Å². The summed E-state index contributed by atoms with van der Waals surface area (Å²) in [5, 5.41) is 0. The molecule has 0 bridgehead atoms. The van der Waals surface area contributed by atoms with Crippen LogP contribution < -0.4 is 0 Å². The number of halogens is 4. The summed E-state index contributed by atoms with van der Waals surface area (Å²) in [6, 6.07) is 5.14. The Kier molecular flexibility index (Phi) is 4.81. The number of benzene rings is 1. The third-order valence-electron chi connectivity index (χ3n) is 2.12. The second-order valence-corrected chi connectivity index (χ2v) is 6.36. The van der Waals surface area contributed by atoms with Gasteiger partial charge in [0.25, 0.3) is 0 Å². The molecule has 0 aliphatic carbocycles. The van der Waals surface area contributed by atoms with Gasteiger partial charge in [-0.15, -0.1) is 0 Å². The molecular formula is C11H10ClF3O2S. The Labute approximate surface area is 107 Å². The number of alkyl halides is 3. The molecule has 0 unspecified atom stereocenters. The first-order chi connectivity index (χ1) is 8.20. The van der Waals surface area contributed by atoms with Crippen LogP contribution in [0.15, 0.2) is 36.4 Å². The maximum Gasteiger partial charge on any atom is 0.416 e. The van der Waals surface area contributed by atoms with E-state index in [-0.39, 0.29) is 12.0 Å². The molecule has 2 nitrogen and oxygen atoms in total. The zero-order valence-corrected chi connectivity index (χ0v) is 10.7. The highest BCUT2D eigenvalue weighted by atomic mass is 35.7. The van der Waals surface area contributed by atoms with Crippen LogP contribution in [0, 0.1) is 0 Å². The third kappa shape index (κ3) is 5.10. The van der Waals surface area contributed by atoms with E-state index in [9.17, 15) is 21.6 Å². The zero-order chi connectivity index (χ0) is 13.8. The Hall–Kier alpha value is -1.01. The molecule has 1 rings (SSSR count). The molecule has 0 aliphatic heterocycles. The van der Waals surface area contributed by atoms with Gasteiger partial charge in [0, 0.05) is 10.7 Å². The first kappa shape index (κ1) is 15.0. The molecule has 100 valence electrons. The predicted octanol–water partition coefficient (Wildman–Crippen LogP) is 3.37. The summed E-state index contributed by atoms with van der Waals surface area (Å²) in [6.07, 6.45) is -1.83. The molecule has 0 amide bonds. The van der Waals surface area contributed by atoms with Crippen molar-refractivity contribution in [3.05, 3.63) is 47.5 Å². The molecule has 0 N–H and O–H groups in total. The smallest absolute Gasteiger partial charge is 0.212 e. The summed E-state index contributed by atoms with van der Waals surface area (Å²) in [5.74, 6) is -0.400. The topological polar surface area (TPSA) is 34.1 Å². The third-order valence-corrected chi connectivity index (χ3v) is 3.09. The van der Waals surface area contributed by atoms with Gasteiger partial charge in [0.2, 0.25) is 9.05 Å². The molecule has 7 heteroatoms. The van der Waals surface area contributed by atoms with Crippen LogP contribution in [-0.2, 0) is 21.6 Å². The lowest BCUT2D eigenvalue weighted by atomic mass is 10.0. The normalized spacial score (nSPS) is 13.1. The number of hydrogen-bond donors (Lipinski definition) is 0. The van der Waals surface area contributed by atoms with E-state index in [2.05, 4.69) is 0 Å². The highest BCUT2D eigenvalue weighted by molar-refractivity contribution is 8.13. The minimum absolute atomic E-state index is 0.00208. The fraction of sp³-hybridized carbons (Fsp3) is 0.273. The summed E-state index contributed by atoms with van der Waals surface area (Å²) >= 11 is 0. The van der Waals surface area contributed by atoms with E-state index in [1.165, 1.54) is 30.4 Å². The van der Waals surface area contributed by atoms with Gasteiger partial charge in [-0.05, 0) is 18.1 Å². The highest BCUT2D eigenvalue weighted by Gasteiger charge is 2.32. The molecule has 18 heavy (non-hydrogen) atoms. The van der Waals surface area contributed by atoms with E-state index in [0.29, 0.717) is 0 Å². The molecule has 0 aliphatic rings. The van der Waals surface area contributed by atoms with Crippen molar-refractivity contribution in [3.63, 3.8) is 0 Å². The SMILES string of the molecule is O=S(=O)(Cl)C/C=C\Cc1ccccc1C(F)(F)F. The van der Waals surface area contributed by atoms with Crippen LogP contribution in [0.5, 0.6) is 0 Å². The first-order valence-corrected chi connectivity index (χ1v) is 7.40. The molecule has 0 saturated heterocycles. The second kappa shape index (κ2) is 5.75. The van der Waals surface area contributed by atoms with Crippen LogP contribution in [0.4, 0.5) is 13.2 Å². The summed E-state index contributed by atoms with van der Waals surface area (Å²) in [6.45, 7) is 0.